The predicted octanol–water partition coefficient (Wildman–Crippen LogP) is 2.56. The molecule has 21 heavy (non-hydrogen) atoms. The summed E-state index contributed by atoms with van der Waals surface area (Å²) in [6, 6.07) is 7.71. The lowest BCUT2D eigenvalue weighted by Gasteiger charge is -2.05. The lowest BCUT2D eigenvalue weighted by Crippen LogP contribution is -2.04. The SMILES string of the molecule is Cc1cccc2c1nc(SCC(=O)O)n2Cc1ccon1. The number of carboxylic acids is 1. The first-order valence-electron chi connectivity index (χ1n) is 6.35. The standard InChI is InChI=1S/C14H13N3O3S/c1-9-3-2-4-11-13(9)15-14(21-8-12(18)19)17(11)7-10-5-6-20-16-10/h2-6H,7-8H2,1H3,(H,18,19). The quantitative estimate of drug-likeness (QED) is 0.730. The van der Waals surface area contributed by atoms with E-state index >= 15 is 0 Å². The number of imidazole rings is 1. The van der Waals surface area contributed by atoms with Gasteiger partial charge in [0.15, 0.2) is 5.16 Å². The Labute approximate surface area is 124 Å². The molecule has 1 N–H and O–H groups in total. The van der Waals surface area contributed by atoms with E-state index in [0.29, 0.717) is 11.7 Å². The highest BCUT2D eigenvalue weighted by Gasteiger charge is 2.15. The monoisotopic (exact) mass is 303 g/mol. The molecule has 0 aliphatic heterocycles. The first-order chi connectivity index (χ1) is 10.1. The van der Waals surface area contributed by atoms with Crippen molar-refractivity contribution in [1.82, 2.24) is 14.7 Å². The number of fused-ring (bicyclic) bond motifs is 1. The summed E-state index contributed by atoms with van der Waals surface area (Å²) in [6.07, 6.45) is 1.52. The molecule has 0 saturated carbocycles. The molecule has 6 nitrogen and oxygen atoms in total. The van der Waals surface area contributed by atoms with Gasteiger partial charge in [0.1, 0.15) is 12.0 Å². The van der Waals surface area contributed by atoms with Gasteiger partial charge < -0.3 is 14.2 Å². The second-order valence-electron chi connectivity index (χ2n) is 4.60. The van der Waals surface area contributed by atoms with Crippen LogP contribution in [-0.4, -0.2) is 31.5 Å². The van der Waals surface area contributed by atoms with Crippen molar-refractivity contribution in [2.24, 2.45) is 0 Å². The van der Waals surface area contributed by atoms with Crippen molar-refractivity contribution in [3.63, 3.8) is 0 Å². The number of hydrogen-bond donors (Lipinski definition) is 1. The summed E-state index contributed by atoms with van der Waals surface area (Å²) in [7, 11) is 0. The fraction of sp³-hybridized carbons (Fsp3) is 0.214. The minimum atomic E-state index is -0.864. The molecule has 2 aromatic heterocycles. The third-order valence-corrected chi connectivity index (χ3v) is 4.04. The van der Waals surface area contributed by atoms with Crippen molar-refractivity contribution in [1.29, 1.82) is 0 Å². The molecule has 1 aromatic carbocycles. The third-order valence-electron chi connectivity index (χ3n) is 3.08. The van der Waals surface area contributed by atoms with Crippen LogP contribution in [0.5, 0.6) is 0 Å². The van der Waals surface area contributed by atoms with E-state index in [9.17, 15) is 4.79 Å². The van der Waals surface area contributed by atoms with Crippen LogP contribution < -0.4 is 0 Å². The predicted molar refractivity (Wildman–Crippen MR) is 78.4 cm³/mol. The second-order valence-corrected chi connectivity index (χ2v) is 5.54. The highest BCUT2D eigenvalue weighted by atomic mass is 32.2. The van der Waals surface area contributed by atoms with Crippen LogP contribution in [0.25, 0.3) is 11.0 Å². The maximum atomic E-state index is 10.8. The number of aliphatic carboxylic acids is 1. The van der Waals surface area contributed by atoms with Crippen LogP contribution in [0.15, 0.2) is 40.2 Å². The number of hydrogen-bond acceptors (Lipinski definition) is 5. The van der Waals surface area contributed by atoms with E-state index in [4.69, 9.17) is 9.63 Å². The van der Waals surface area contributed by atoms with E-state index in [0.717, 1.165) is 22.3 Å². The van der Waals surface area contributed by atoms with Crippen LogP contribution in [0, 0.1) is 6.92 Å². The first-order valence-corrected chi connectivity index (χ1v) is 7.33. The summed E-state index contributed by atoms with van der Waals surface area (Å²) in [6.45, 7) is 2.49. The van der Waals surface area contributed by atoms with Crippen molar-refractivity contribution in [2.75, 3.05) is 5.75 Å². The molecule has 7 heteroatoms. The molecule has 0 spiro atoms. The van der Waals surface area contributed by atoms with Gasteiger partial charge in [0.05, 0.1) is 23.3 Å². The van der Waals surface area contributed by atoms with E-state index in [1.54, 1.807) is 6.07 Å². The minimum Gasteiger partial charge on any atom is -0.481 e. The van der Waals surface area contributed by atoms with Gasteiger partial charge in [0.2, 0.25) is 0 Å². The molecule has 0 saturated heterocycles. The van der Waals surface area contributed by atoms with E-state index in [1.807, 2.05) is 29.7 Å². The molecule has 0 amide bonds. The summed E-state index contributed by atoms with van der Waals surface area (Å²) >= 11 is 1.21. The number of carbonyl (C=O) groups is 1. The zero-order valence-corrected chi connectivity index (χ0v) is 12.1. The van der Waals surface area contributed by atoms with Crippen molar-refractivity contribution < 1.29 is 14.4 Å². The molecule has 108 valence electrons. The van der Waals surface area contributed by atoms with Gasteiger partial charge in [-0.2, -0.15) is 0 Å². The Morgan fingerprint density at radius 2 is 2.29 bits per heavy atom. The van der Waals surface area contributed by atoms with Gasteiger partial charge in [-0.25, -0.2) is 4.98 Å². The summed E-state index contributed by atoms with van der Waals surface area (Å²) in [4.78, 5) is 15.4. The van der Waals surface area contributed by atoms with Crippen molar-refractivity contribution in [3.8, 4) is 0 Å². The average Bonchev–Trinajstić information content (AvgIpc) is 3.07. The Balaban J connectivity index is 2.06. The summed E-state index contributed by atoms with van der Waals surface area (Å²) in [5, 5.41) is 13.4. The maximum absolute atomic E-state index is 10.8. The zero-order chi connectivity index (χ0) is 14.8. The molecular weight excluding hydrogens is 290 g/mol. The second kappa shape index (κ2) is 5.61. The normalized spacial score (nSPS) is 11.1. The number of para-hydroxylation sites is 1. The van der Waals surface area contributed by atoms with Gasteiger partial charge in [0, 0.05) is 6.07 Å². The number of benzene rings is 1. The molecule has 0 fully saturated rings. The van der Waals surface area contributed by atoms with Gasteiger partial charge in [-0.1, -0.05) is 29.1 Å². The number of carboxylic acid groups (broad SMARTS) is 1. The van der Waals surface area contributed by atoms with Crippen molar-refractivity contribution >= 4 is 28.8 Å². The van der Waals surface area contributed by atoms with E-state index < -0.39 is 5.97 Å². The smallest absolute Gasteiger partial charge is 0.313 e. The first kappa shape index (κ1) is 13.7. The van der Waals surface area contributed by atoms with Crippen molar-refractivity contribution in [3.05, 3.63) is 41.8 Å². The van der Waals surface area contributed by atoms with Crippen LogP contribution in [0.1, 0.15) is 11.3 Å². The maximum Gasteiger partial charge on any atom is 0.313 e. The number of aromatic nitrogens is 3. The number of nitrogens with zero attached hydrogens (tertiary/aromatic N) is 3. The van der Waals surface area contributed by atoms with Gasteiger partial charge in [-0.05, 0) is 18.6 Å². The van der Waals surface area contributed by atoms with Gasteiger partial charge in [0.25, 0.3) is 0 Å². The zero-order valence-electron chi connectivity index (χ0n) is 11.3. The van der Waals surface area contributed by atoms with Gasteiger partial charge >= 0.3 is 5.97 Å². The summed E-state index contributed by atoms with van der Waals surface area (Å²) in [5.41, 5.74) is 3.68. The average molecular weight is 303 g/mol. The Hall–Kier alpha value is -2.28. The Morgan fingerprint density at radius 3 is 3.00 bits per heavy atom. The van der Waals surface area contributed by atoms with Crippen LogP contribution in [-0.2, 0) is 11.3 Å². The van der Waals surface area contributed by atoms with Gasteiger partial charge in [-0.3, -0.25) is 4.79 Å². The lowest BCUT2D eigenvalue weighted by atomic mass is 10.2. The van der Waals surface area contributed by atoms with Crippen molar-refractivity contribution in [2.45, 2.75) is 18.6 Å². The Morgan fingerprint density at radius 1 is 1.43 bits per heavy atom. The molecule has 0 aliphatic rings. The van der Waals surface area contributed by atoms with Gasteiger partial charge in [-0.15, -0.1) is 0 Å². The van der Waals surface area contributed by atoms with Crippen LogP contribution in [0.3, 0.4) is 0 Å². The molecule has 0 atom stereocenters. The fourth-order valence-electron chi connectivity index (χ4n) is 2.14. The van der Waals surface area contributed by atoms with Crippen LogP contribution in [0.2, 0.25) is 0 Å². The van der Waals surface area contributed by atoms with E-state index in [-0.39, 0.29) is 5.75 Å². The number of thioether (sulfide) groups is 1. The lowest BCUT2D eigenvalue weighted by molar-refractivity contribution is -0.133. The molecule has 0 radical (unpaired) electrons. The fourth-order valence-corrected chi connectivity index (χ4v) is 2.86. The van der Waals surface area contributed by atoms with Crippen LogP contribution in [0.4, 0.5) is 0 Å². The Bertz CT molecular complexity index is 780. The minimum absolute atomic E-state index is 0.0266. The number of aryl methyl sites for hydroxylation is 1. The third kappa shape index (κ3) is 2.78. The molecule has 3 aromatic rings. The van der Waals surface area contributed by atoms with E-state index in [2.05, 4.69) is 10.1 Å². The highest BCUT2D eigenvalue weighted by molar-refractivity contribution is 7.99. The van der Waals surface area contributed by atoms with Crippen LogP contribution >= 0.6 is 11.8 Å². The molecule has 0 aliphatic carbocycles. The van der Waals surface area contributed by atoms with E-state index in [1.165, 1.54) is 18.0 Å². The molecular formula is C14H13N3O3S. The highest BCUT2D eigenvalue weighted by Crippen LogP contribution is 2.26. The summed E-state index contributed by atoms with van der Waals surface area (Å²) < 4.78 is 6.82. The number of rotatable bonds is 5. The largest absolute Gasteiger partial charge is 0.481 e. The topological polar surface area (TPSA) is 81.1 Å². The molecule has 0 bridgehead atoms. The molecule has 2 heterocycles. The molecule has 3 rings (SSSR count). The summed E-state index contributed by atoms with van der Waals surface area (Å²) in [5.74, 6) is -0.891. The molecule has 0 unspecified atom stereocenters. The Kier molecular flexibility index (Phi) is 3.66.